The van der Waals surface area contributed by atoms with Crippen LogP contribution in [0.4, 0.5) is 0 Å². The van der Waals surface area contributed by atoms with Crippen molar-refractivity contribution in [2.24, 2.45) is 0 Å². The zero-order valence-corrected chi connectivity index (χ0v) is 11.8. The lowest BCUT2D eigenvalue weighted by Crippen LogP contribution is -2.48. The Morgan fingerprint density at radius 3 is 2.95 bits per heavy atom. The van der Waals surface area contributed by atoms with Crippen LogP contribution in [-0.2, 0) is 16.0 Å². The monoisotopic (exact) mass is 282 g/mol. The summed E-state index contributed by atoms with van der Waals surface area (Å²) >= 11 is 1.55. The Labute approximate surface area is 116 Å². The largest absolute Gasteiger partial charge is 0.480 e. The molecule has 1 aliphatic rings. The van der Waals surface area contributed by atoms with Gasteiger partial charge in [0.05, 0.1) is 11.2 Å². The number of hydrogen-bond acceptors (Lipinski definition) is 4. The van der Waals surface area contributed by atoms with Gasteiger partial charge in [0.1, 0.15) is 6.04 Å². The predicted molar refractivity (Wildman–Crippen MR) is 72.2 cm³/mol. The van der Waals surface area contributed by atoms with Gasteiger partial charge in [-0.3, -0.25) is 4.79 Å². The highest BCUT2D eigenvalue weighted by Crippen LogP contribution is 2.20. The van der Waals surface area contributed by atoms with Gasteiger partial charge in [0, 0.05) is 17.8 Å². The fraction of sp³-hybridized carbons (Fsp3) is 0.615. The molecular weight excluding hydrogens is 264 g/mol. The molecule has 2 rings (SSSR count). The molecule has 0 bridgehead atoms. The van der Waals surface area contributed by atoms with Crippen molar-refractivity contribution in [3.05, 3.63) is 16.1 Å². The van der Waals surface area contributed by atoms with Crippen LogP contribution in [0.3, 0.4) is 0 Å². The van der Waals surface area contributed by atoms with Crippen molar-refractivity contribution in [1.29, 1.82) is 0 Å². The van der Waals surface area contributed by atoms with Crippen LogP contribution in [0, 0.1) is 6.92 Å². The molecule has 0 radical (unpaired) electrons. The van der Waals surface area contributed by atoms with Gasteiger partial charge in [-0.05, 0) is 32.6 Å². The van der Waals surface area contributed by atoms with Gasteiger partial charge >= 0.3 is 5.97 Å². The average Bonchev–Trinajstić information content (AvgIpc) is 2.81. The van der Waals surface area contributed by atoms with Gasteiger partial charge < -0.3 is 10.0 Å². The summed E-state index contributed by atoms with van der Waals surface area (Å²) in [7, 11) is 0. The summed E-state index contributed by atoms with van der Waals surface area (Å²) in [6.45, 7) is 2.49. The Kier molecular flexibility index (Phi) is 4.52. The summed E-state index contributed by atoms with van der Waals surface area (Å²) in [4.78, 5) is 30.1. The lowest BCUT2D eigenvalue weighted by molar-refractivity contribution is -0.152. The molecule has 1 aromatic rings. The van der Waals surface area contributed by atoms with E-state index in [9.17, 15) is 9.59 Å². The van der Waals surface area contributed by atoms with E-state index in [1.807, 2.05) is 6.92 Å². The van der Waals surface area contributed by atoms with Crippen molar-refractivity contribution in [3.63, 3.8) is 0 Å². The first-order valence-corrected chi connectivity index (χ1v) is 7.39. The van der Waals surface area contributed by atoms with E-state index in [4.69, 9.17) is 5.11 Å². The average molecular weight is 282 g/mol. The predicted octanol–water partition coefficient (Wildman–Crippen LogP) is 1.85. The number of likely N-dealkylation sites (tertiary alicyclic amines) is 1. The molecule has 1 amide bonds. The third-order valence-electron chi connectivity index (χ3n) is 3.52. The highest BCUT2D eigenvalue weighted by atomic mass is 32.1. The van der Waals surface area contributed by atoms with Crippen molar-refractivity contribution in [2.75, 3.05) is 6.54 Å². The van der Waals surface area contributed by atoms with Gasteiger partial charge in [-0.15, -0.1) is 11.3 Å². The smallest absolute Gasteiger partial charge is 0.326 e. The molecule has 19 heavy (non-hydrogen) atoms. The number of nitrogens with zero attached hydrogens (tertiary/aromatic N) is 2. The second-order valence-electron chi connectivity index (χ2n) is 4.80. The summed E-state index contributed by atoms with van der Waals surface area (Å²) in [5.74, 6) is -0.943. The van der Waals surface area contributed by atoms with E-state index in [2.05, 4.69) is 4.98 Å². The summed E-state index contributed by atoms with van der Waals surface area (Å²) < 4.78 is 0. The molecule has 6 heteroatoms. The number of carboxylic acid groups (broad SMARTS) is 1. The Morgan fingerprint density at radius 2 is 2.32 bits per heavy atom. The fourth-order valence-corrected chi connectivity index (χ4v) is 3.20. The molecule has 0 aliphatic carbocycles. The van der Waals surface area contributed by atoms with E-state index in [1.165, 1.54) is 4.90 Å². The van der Waals surface area contributed by atoms with Gasteiger partial charge in [-0.2, -0.15) is 0 Å². The molecular formula is C13H18N2O3S. The zero-order valence-electron chi connectivity index (χ0n) is 11.0. The summed E-state index contributed by atoms with van der Waals surface area (Å²) in [6.07, 6.45) is 3.37. The van der Waals surface area contributed by atoms with E-state index < -0.39 is 12.0 Å². The van der Waals surface area contributed by atoms with Crippen LogP contribution < -0.4 is 0 Å². The van der Waals surface area contributed by atoms with Crippen molar-refractivity contribution in [2.45, 2.75) is 45.1 Å². The van der Waals surface area contributed by atoms with E-state index in [0.717, 1.165) is 23.4 Å². The molecule has 0 unspecified atom stereocenters. The standard InChI is InChI=1S/C13H18N2O3S/c1-9-11(19-8-14-9)5-6-12(16)15-7-3-2-4-10(15)13(17)18/h8,10H,2-7H2,1H3,(H,17,18)/t10-/m0/s1. The number of hydrogen-bond donors (Lipinski definition) is 1. The molecule has 1 aliphatic heterocycles. The first-order valence-electron chi connectivity index (χ1n) is 6.51. The first kappa shape index (κ1) is 14.0. The summed E-state index contributed by atoms with van der Waals surface area (Å²) in [6, 6.07) is -0.635. The molecule has 1 N–H and O–H groups in total. The van der Waals surface area contributed by atoms with E-state index >= 15 is 0 Å². The normalized spacial score (nSPS) is 19.4. The SMILES string of the molecule is Cc1ncsc1CCC(=O)N1CCCC[C@H]1C(=O)O. The summed E-state index contributed by atoms with van der Waals surface area (Å²) in [5, 5.41) is 9.15. The Morgan fingerprint density at radius 1 is 1.53 bits per heavy atom. The van der Waals surface area contributed by atoms with Crippen LogP contribution in [0.15, 0.2) is 5.51 Å². The number of aromatic nitrogens is 1. The lowest BCUT2D eigenvalue weighted by atomic mass is 10.0. The second kappa shape index (κ2) is 6.14. The minimum Gasteiger partial charge on any atom is -0.480 e. The van der Waals surface area contributed by atoms with Gasteiger partial charge in [0.2, 0.25) is 5.91 Å². The molecule has 5 nitrogen and oxygen atoms in total. The molecule has 104 valence electrons. The van der Waals surface area contributed by atoms with E-state index in [1.54, 1.807) is 16.8 Å². The topological polar surface area (TPSA) is 70.5 Å². The van der Waals surface area contributed by atoms with Crippen molar-refractivity contribution in [1.82, 2.24) is 9.88 Å². The van der Waals surface area contributed by atoms with Crippen LogP contribution in [0.2, 0.25) is 0 Å². The van der Waals surface area contributed by atoms with Crippen LogP contribution in [0.1, 0.15) is 36.3 Å². The molecule has 2 heterocycles. The third kappa shape index (κ3) is 3.32. The number of aryl methyl sites for hydroxylation is 2. The zero-order chi connectivity index (χ0) is 13.8. The molecule has 0 spiro atoms. The maximum absolute atomic E-state index is 12.2. The highest BCUT2D eigenvalue weighted by Gasteiger charge is 2.31. The Bertz CT molecular complexity index is 472. The molecule has 0 aromatic carbocycles. The second-order valence-corrected chi connectivity index (χ2v) is 5.74. The van der Waals surface area contributed by atoms with E-state index in [-0.39, 0.29) is 5.91 Å². The minimum atomic E-state index is -0.887. The Balaban J connectivity index is 1.94. The third-order valence-corrected chi connectivity index (χ3v) is 4.51. The van der Waals surface area contributed by atoms with Crippen molar-refractivity contribution in [3.8, 4) is 0 Å². The van der Waals surface area contributed by atoms with E-state index in [0.29, 0.717) is 25.8 Å². The molecule has 1 fully saturated rings. The highest BCUT2D eigenvalue weighted by molar-refractivity contribution is 7.09. The van der Waals surface area contributed by atoms with Crippen LogP contribution >= 0.6 is 11.3 Å². The Hall–Kier alpha value is -1.43. The number of carbonyl (C=O) groups is 2. The van der Waals surface area contributed by atoms with Crippen LogP contribution in [-0.4, -0.2) is 39.5 Å². The number of thiazole rings is 1. The number of aliphatic carboxylic acids is 1. The number of piperidine rings is 1. The first-order chi connectivity index (χ1) is 9.09. The van der Waals surface area contributed by atoms with Gasteiger partial charge in [0.25, 0.3) is 0 Å². The summed E-state index contributed by atoms with van der Waals surface area (Å²) in [5.41, 5.74) is 2.74. The molecule has 0 saturated carbocycles. The molecule has 1 atom stereocenters. The van der Waals surface area contributed by atoms with Crippen molar-refractivity contribution < 1.29 is 14.7 Å². The number of carboxylic acids is 1. The molecule has 1 saturated heterocycles. The number of carbonyl (C=O) groups excluding carboxylic acids is 1. The van der Waals surface area contributed by atoms with Crippen molar-refractivity contribution >= 4 is 23.2 Å². The van der Waals surface area contributed by atoms with Gasteiger partial charge in [0.15, 0.2) is 0 Å². The van der Waals surface area contributed by atoms with Crippen LogP contribution in [0.5, 0.6) is 0 Å². The molecule has 1 aromatic heterocycles. The fourth-order valence-electron chi connectivity index (χ4n) is 2.42. The lowest BCUT2D eigenvalue weighted by Gasteiger charge is -2.33. The van der Waals surface area contributed by atoms with Gasteiger partial charge in [-0.25, -0.2) is 9.78 Å². The minimum absolute atomic E-state index is 0.0556. The van der Waals surface area contributed by atoms with Gasteiger partial charge in [-0.1, -0.05) is 0 Å². The quantitative estimate of drug-likeness (QED) is 0.915. The number of amides is 1. The van der Waals surface area contributed by atoms with Crippen LogP contribution in [0.25, 0.3) is 0 Å². The maximum Gasteiger partial charge on any atom is 0.326 e. The number of rotatable bonds is 4. The maximum atomic E-state index is 12.2.